The first-order chi connectivity index (χ1) is 14.0. The zero-order valence-corrected chi connectivity index (χ0v) is 17.9. The monoisotopic (exact) mass is 425 g/mol. The maximum absolute atomic E-state index is 13.0. The molecule has 0 saturated heterocycles. The minimum Gasteiger partial charge on any atom is -0.318 e. The number of pyridine rings is 3. The molecule has 1 aliphatic rings. The number of hydrogen-bond donors (Lipinski definition) is 1. The van der Waals surface area contributed by atoms with Crippen molar-refractivity contribution in [1.82, 2.24) is 15.0 Å². The van der Waals surface area contributed by atoms with E-state index in [1.165, 1.54) is 0 Å². The molecule has 3 aromatic rings. The highest BCUT2D eigenvalue weighted by molar-refractivity contribution is 7.98. The van der Waals surface area contributed by atoms with Gasteiger partial charge in [-0.25, -0.2) is 9.97 Å². The van der Waals surface area contributed by atoms with E-state index in [1.54, 1.807) is 24.0 Å². The van der Waals surface area contributed by atoms with E-state index in [2.05, 4.69) is 20.3 Å². The molecular formula is C21H20ClN5OS. The molecule has 4 heterocycles. The molecule has 3 aromatic heterocycles. The van der Waals surface area contributed by atoms with Gasteiger partial charge in [0, 0.05) is 35.3 Å². The minimum absolute atomic E-state index is 0.191. The van der Waals surface area contributed by atoms with Crippen LogP contribution in [0.2, 0.25) is 5.15 Å². The Bertz CT molecular complexity index is 1100. The number of nitrogens with zero attached hydrogens (tertiary/aromatic N) is 4. The lowest BCUT2D eigenvalue weighted by molar-refractivity contribution is 0.102. The van der Waals surface area contributed by atoms with E-state index in [4.69, 9.17) is 11.6 Å². The van der Waals surface area contributed by atoms with E-state index in [1.807, 2.05) is 50.1 Å². The Kier molecular flexibility index (Phi) is 5.43. The van der Waals surface area contributed by atoms with Gasteiger partial charge in [0.05, 0.1) is 11.3 Å². The van der Waals surface area contributed by atoms with Gasteiger partial charge < -0.3 is 10.2 Å². The van der Waals surface area contributed by atoms with Gasteiger partial charge in [0.1, 0.15) is 11.0 Å². The summed E-state index contributed by atoms with van der Waals surface area (Å²) in [6.07, 6.45) is 3.62. The van der Waals surface area contributed by atoms with Gasteiger partial charge in [-0.3, -0.25) is 9.78 Å². The Balaban J connectivity index is 1.69. The van der Waals surface area contributed by atoms with Crippen LogP contribution in [-0.2, 0) is 5.75 Å². The van der Waals surface area contributed by atoms with Gasteiger partial charge in [-0.15, -0.1) is 11.8 Å². The lowest BCUT2D eigenvalue weighted by Crippen LogP contribution is -2.20. The van der Waals surface area contributed by atoms with Crippen LogP contribution in [0.4, 0.5) is 17.3 Å². The van der Waals surface area contributed by atoms with Crippen LogP contribution in [0.3, 0.4) is 0 Å². The van der Waals surface area contributed by atoms with Crippen LogP contribution >= 0.6 is 23.4 Å². The topological polar surface area (TPSA) is 71.0 Å². The number of carbonyl (C=O) groups is 1. The van der Waals surface area contributed by atoms with Gasteiger partial charge in [-0.05, 0) is 56.2 Å². The van der Waals surface area contributed by atoms with Crippen molar-refractivity contribution in [2.24, 2.45) is 0 Å². The first-order valence-corrected chi connectivity index (χ1v) is 10.6. The number of anilines is 3. The molecule has 148 valence electrons. The SMILES string of the molecule is CCN1c2ncc(CSc3ccnc(C)c3)cc2C(=O)Nc2c(C)cc(Cl)nc21. The van der Waals surface area contributed by atoms with Crippen LogP contribution in [0.1, 0.15) is 34.1 Å². The predicted octanol–water partition coefficient (Wildman–Crippen LogP) is 5.16. The zero-order chi connectivity index (χ0) is 20.5. The number of amides is 1. The number of carbonyl (C=O) groups excluding carboxylic acids is 1. The van der Waals surface area contributed by atoms with Crippen LogP contribution in [0.15, 0.2) is 41.6 Å². The quantitative estimate of drug-likeness (QED) is 0.460. The number of hydrogen-bond acceptors (Lipinski definition) is 6. The molecule has 1 amide bonds. The number of nitrogens with one attached hydrogen (secondary N) is 1. The molecule has 0 bridgehead atoms. The molecule has 8 heteroatoms. The van der Waals surface area contributed by atoms with E-state index in [0.29, 0.717) is 40.3 Å². The Hall–Kier alpha value is -2.64. The molecule has 0 unspecified atom stereocenters. The summed E-state index contributed by atoms with van der Waals surface area (Å²) in [4.78, 5) is 29.3. The van der Waals surface area contributed by atoms with Gasteiger partial charge >= 0.3 is 0 Å². The molecule has 0 atom stereocenters. The van der Waals surface area contributed by atoms with Crippen molar-refractivity contribution < 1.29 is 4.79 Å². The third-order valence-electron chi connectivity index (χ3n) is 4.67. The molecule has 0 aliphatic carbocycles. The van der Waals surface area contributed by atoms with Crippen LogP contribution in [-0.4, -0.2) is 27.4 Å². The molecule has 0 aromatic carbocycles. The summed E-state index contributed by atoms with van der Waals surface area (Å²) < 4.78 is 0. The molecule has 0 radical (unpaired) electrons. The highest BCUT2D eigenvalue weighted by Gasteiger charge is 2.28. The highest BCUT2D eigenvalue weighted by atomic mass is 35.5. The predicted molar refractivity (Wildman–Crippen MR) is 117 cm³/mol. The number of aryl methyl sites for hydroxylation is 2. The van der Waals surface area contributed by atoms with Crippen LogP contribution in [0, 0.1) is 13.8 Å². The molecule has 6 nitrogen and oxygen atoms in total. The summed E-state index contributed by atoms with van der Waals surface area (Å²) in [5, 5.41) is 3.38. The fourth-order valence-electron chi connectivity index (χ4n) is 3.28. The van der Waals surface area contributed by atoms with Crippen molar-refractivity contribution in [3.63, 3.8) is 0 Å². The summed E-state index contributed by atoms with van der Waals surface area (Å²) in [5.41, 5.74) is 4.02. The van der Waals surface area contributed by atoms with E-state index >= 15 is 0 Å². The van der Waals surface area contributed by atoms with Gasteiger partial charge in [0.2, 0.25) is 0 Å². The maximum atomic E-state index is 13.0. The van der Waals surface area contributed by atoms with Crippen LogP contribution < -0.4 is 10.2 Å². The molecule has 0 saturated carbocycles. The third-order valence-corrected chi connectivity index (χ3v) is 5.93. The second kappa shape index (κ2) is 8.00. The minimum atomic E-state index is -0.191. The molecule has 1 aliphatic heterocycles. The van der Waals surface area contributed by atoms with E-state index in [9.17, 15) is 4.79 Å². The number of aromatic nitrogens is 3. The van der Waals surface area contributed by atoms with Gasteiger partial charge in [-0.1, -0.05) is 11.6 Å². The van der Waals surface area contributed by atoms with E-state index in [0.717, 1.165) is 21.7 Å². The molecule has 29 heavy (non-hydrogen) atoms. The zero-order valence-electron chi connectivity index (χ0n) is 16.4. The molecule has 0 fully saturated rings. The van der Waals surface area contributed by atoms with E-state index < -0.39 is 0 Å². The highest BCUT2D eigenvalue weighted by Crippen LogP contribution is 2.38. The Labute approximate surface area is 178 Å². The fraction of sp³-hybridized carbons (Fsp3) is 0.238. The third kappa shape index (κ3) is 3.93. The van der Waals surface area contributed by atoms with Crippen molar-refractivity contribution in [1.29, 1.82) is 0 Å². The summed E-state index contributed by atoms with van der Waals surface area (Å²) >= 11 is 7.87. The molecule has 1 N–H and O–H groups in total. The van der Waals surface area contributed by atoms with Gasteiger partial charge in [0.25, 0.3) is 5.91 Å². The van der Waals surface area contributed by atoms with Crippen LogP contribution in [0.5, 0.6) is 0 Å². The van der Waals surface area contributed by atoms with Gasteiger partial charge in [0.15, 0.2) is 5.82 Å². The lowest BCUT2D eigenvalue weighted by atomic mass is 10.2. The van der Waals surface area contributed by atoms with Crippen molar-refractivity contribution >= 4 is 46.6 Å². The van der Waals surface area contributed by atoms with Crippen molar-refractivity contribution in [2.45, 2.75) is 31.4 Å². The smallest absolute Gasteiger partial charge is 0.259 e. The number of rotatable bonds is 4. The van der Waals surface area contributed by atoms with E-state index in [-0.39, 0.29) is 5.91 Å². The average molecular weight is 426 g/mol. The summed E-state index contributed by atoms with van der Waals surface area (Å²) in [6, 6.07) is 7.68. The Morgan fingerprint density at radius 1 is 1.17 bits per heavy atom. The Morgan fingerprint density at radius 3 is 2.76 bits per heavy atom. The molecule has 0 spiro atoms. The number of halogens is 1. The normalized spacial score (nSPS) is 12.8. The second-order valence-corrected chi connectivity index (χ2v) is 8.23. The maximum Gasteiger partial charge on any atom is 0.259 e. The number of fused-ring (bicyclic) bond motifs is 2. The average Bonchev–Trinajstić information content (AvgIpc) is 2.81. The number of thioether (sulfide) groups is 1. The lowest BCUT2D eigenvalue weighted by Gasteiger charge is -2.23. The fourth-order valence-corrected chi connectivity index (χ4v) is 4.43. The van der Waals surface area contributed by atoms with Crippen molar-refractivity contribution in [2.75, 3.05) is 16.8 Å². The van der Waals surface area contributed by atoms with Crippen molar-refractivity contribution in [3.05, 3.63) is 64.2 Å². The first-order valence-electron chi connectivity index (χ1n) is 9.26. The summed E-state index contributed by atoms with van der Waals surface area (Å²) in [7, 11) is 0. The first kappa shape index (κ1) is 19.7. The second-order valence-electron chi connectivity index (χ2n) is 6.80. The molecule has 4 rings (SSSR count). The summed E-state index contributed by atoms with van der Waals surface area (Å²) in [5.74, 6) is 1.72. The van der Waals surface area contributed by atoms with Crippen molar-refractivity contribution in [3.8, 4) is 0 Å². The largest absolute Gasteiger partial charge is 0.318 e. The Morgan fingerprint density at radius 2 is 2.00 bits per heavy atom. The molecular weight excluding hydrogens is 406 g/mol. The standard InChI is InChI=1S/C21H20ClN5OS/c1-4-27-19-16(21(28)26-18-12(2)7-17(22)25-20(18)27)9-14(10-24-19)11-29-15-5-6-23-13(3)8-15/h5-10H,4,11H2,1-3H3,(H,26,28). The van der Waals surface area contributed by atoms with Crippen LogP contribution in [0.25, 0.3) is 0 Å². The van der Waals surface area contributed by atoms with Gasteiger partial charge in [-0.2, -0.15) is 0 Å². The summed E-state index contributed by atoms with van der Waals surface area (Å²) in [6.45, 7) is 6.48.